The summed E-state index contributed by atoms with van der Waals surface area (Å²) < 4.78 is 0. The van der Waals surface area contributed by atoms with Gasteiger partial charge in [-0.05, 0) is 13.3 Å². The van der Waals surface area contributed by atoms with Gasteiger partial charge < -0.3 is 31.6 Å². The Bertz CT molecular complexity index is 258. The minimum Gasteiger partial charge on any atom is -0.548 e. The van der Waals surface area contributed by atoms with Gasteiger partial charge in [-0.3, -0.25) is 9.59 Å². The first-order valence-electron chi connectivity index (χ1n) is 4.35. The largest absolute Gasteiger partial charge is 1.00 e. The minimum absolute atomic E-state index is 0. The molecule has 0 fully saturated rings. The molecule has 0 bridgehead atoms. The van der Waals surface area contributed by atoms with Crippen molar-refractivity contribution in [3.63, 3.8) is 0 Å². The van der Waals surface area contributed by atoms with E-state index in [1.54, 1.807) is 0 Å². The zero-order chi connectivity index (χ0) is 13.3. The van der Waals surface area contributed by atoms with Gasteiger partial charge in [0.15, 0.2) is 0 Å². The molecule has 0 aliphatic carbocycles. The Balaban J connectivity index is -0.000000244. The molecular formula is C8H15N2NaO6. The van der Waals surface area contributed by atoms with E-state index in [9.17, 15) is 19.5 Å². The van der Waals surface area contributed by atoms with E-state index in [0.29, 0.717) is 0 Å². The average molecular weight is 258 g/mol. The average Bonchev–Trinajstić information content (AvgIpc) is 2.14. The molecule has 0 aliphatic heterocycles. The second kappa shape index (κ2) is 11.8. The van der Waals surface area contributed by atoms with Gasteiger partial charge in [0.1, 0.15) is 6.04 Å². The molecule has 0 amide bonds. The molecule has 0 aromatic rings. The van der Waals surface area contributed by atoms with E-state index in [2.05, 4.69) is 0 Å². The van der Waals surface area contributed by atoms with Crippen LogP contribution in [0.2, 0.25) is 0 Å². The molecule has 0 saturated heterocycles. The molecule has 8 nitrogen and oxygen atoms in total. The molecule has 0 unspecified atom stereocenters. The Labute approximate surface area is 120 Å². The topological polar surface area (TPSA) is 167 Å². The van der Waals surface area contributed by atoms with Gasteiger partial charge >= 0.3 is 41.5 Å². The first kappa shape index (κ1) is 21.6. The van der Waals surface area contributed by atoms with E-state index in [-0.39, 0.29) is 42.4 Å². The third-order valence-electron chi connectivity index (χ3n) is 1.36. The molecule has 0 saturated carbocycles. The summed E-state index contributed by atoms with van der Waals surface area (Å²) in [6.07, 6.45) is -0.327. The fourth-order valence-electron chi connectivity index (χ4n) is 0.397. The molecule has 94 valence electrons. The molecule has 9 heteroatoms. The van der Waals surface area contributed by atoms with Crippen LogP contribution in [-0.4, -0.2) is 40.2 Å². The van der Waals surface area contributed by atoms with Crippen LogP contribution in [0.1, 0.15) is 19.8 Å². The summed E-state index contributed by atoms with van der Waals surface area (Å²) in [5.41, 5.74) is 9.78. The second-order valence-electron chi connectivity index (χ2n) is 2.98. The zero-order valence-electron chi connectivity index (χ0n) is 9.75. The van der Waals surface area contributed by atoms with Crippen LogP contribution in [0.4, 0.5) is 0 Å². The van der Waals surface area contributed by atoms with Crippen LogP contribution in [0.5, 0.6) is 0 Å². The molecule has 0 spiro atoms. The molecule has 2 atom stereocenters. The summed E-state index contributed by atoms with van der Waals surface area (Å²) >= 11 is 0. The van der Waals surface area contributed by atoms with Crippen LogP contribution in [0, 0.1) is 0 Å². The number of carbonyl (C=O) groups excluding carboxylic acids is 1. The number of carboxylic acid groups (broad SMARTS) is 3. The predicted molar refractivity (Wildman–Crippen MR) is 51.1 cm³/mol. The quantitative estimate of drug-likeness (QED) is 0.354. The standard InChI is InChI=1S/C5H9NO4.C3H7NO2.Na/c6-3(5(9)10)1-2-4(7)8;1-2(4)3(5)6;/h3H,1-2,6H2,(H,7,8)(H,9,10);2H,4H2,1H3,(H,5,6);/q;;+1/p-1/t3-;2-;/m00./s1. The zero-order valence-corrected chi connectivity index (χ0v) is 11.8. The van der Waals surface area contributed by atoms with E-state index in [1.807, 2.05) is 0 Å². The summed E-state index contributed by atoms with van der Waals surface area (Å²) in [7, 11) is 0. The SMILES string of the molecule is C[C@H](N)C(=O)O.N[C@@H](CCC(=O)O)C(=O)[O-].[Na+]. The van der Waals surface area contributed by atoms with Crippen LogP contribution in [-0.2, 0) is 14.4 Å². The number of hydrogen-bond acceptors (Lipinski definition) is 6. The van der Waals surface area contributed by atoms with Crippen LogP contribution < -0.4 is 46.1 Å². The molecular weight excluding hydrogens is 243 g/mol. The molecule has 0 heterocycles. The maximum atomic E-state index is 9.88. The van der Waals surface area contributed by atoms with Crippen molar-refractivity contribution in [2.45, 2.75) is 31.8 Å². The summed E-state index contributed by atoms with van der Waals surface area (Å²) in [4.78, 5) is 29.3. The monoisotopic (exact) mass is 258 g/mol. The Morgan fingerprint density at radius 1 is 1.24 bits per heavy atom. The number of aliphatic carboxylic acids is 3. The van der Waals surface area contributed by atoms with Crippen LogP contribution in [0.25, 0.3) is 0 Å². The number of carbonyl (C=O) groups is 3. The fraction of sp³-hybridized carbons (Fsp3) is 0.625. The predicted octanol–water partition coefficient (Wildman–Crippen LogP) is -5.65. The van der Waals surface area contributed by atoms with Gasteiger partial charge in [0, 0.05) is 12.5 Å². The Kier molecular flexibility index (Phi) is 15.0. The molecule has 0 aromatic heterocycles. The summed E-state index contributed by atoms with van der Waals surface area (Å²) in [5, 5.41) is 25.8. The van der Waals surface area contributed by atoms with Crippen molar-refractivity contribution in [3.8, 4) is 0 Å². The molecule has 17 heavy (non-hydrogen) atoms. The van der Waals surface area contributed by atoms with Gasteiger partial charge in [0.2, 0.25) is 0 Å². The van der Waals surface area contributed by atoms with Gasteiger partial charge in [-0.15, -0.1) is 0 Å². The number of rotatable bonds is 5. The van der Waals surface area contributed by atoms with Crippen LogP contribution in [0.15, 0.2) is 0 Å². The molecule has 0 rings (SSSR count). The third-order valence-corrected chi connectivity index (χ3v) is 1.36. The van der Waals surface area contributed by atoms with Crippen LogP contribution in [0.3, 0.4) is 0 Å². The maximum Gasteiger partial charge on any atom is 1.00 e. The summed E-state index contributed by atoms with van der Waals surface area (Å²) in [5.74, 6) is -3.44. The molecule has 0 aromatic carbocycles. The smallest absolute Gasteiger partial charge is 0.548 e. The first-order chi connectivity index (χ1) is 7.18. The van der Waals surface area contributed by atoms with Gasteiger partial charge in [0.05, 0.1) is 5.97 Å². The molecule has 6 N–H and O–H groups in total. The van der Waals surface area contributed by atoms with Crippen molar-refractivity contribution in [1.82, 2.24) is 0 Å². The van der Waals surface area contributed by atoms with E-state index in [0.717, 1.165) is 0 Å². The van der Waals surface area contributed by atoms with Crippen molar-refractivity contribution < 1.29 is 59.3 Å². The van der Waals surface area contributed by atoms with Gasteiger partial charge in [0.25, 0.3) is 0 Å². The number of hydrogen-bond donors (Lipinski definition) is 4. The van der Waals surface area contributed by atoms with E-state index in [4.69, 9.17) is 21.7 Å². The van der Waals surface area contributed by atoms with Crippen molar-refractivity contribution >= 4 is 17.9 Å². The van der Waals surface area contributed by atoms with Crippen molar-refractivity contribution in [3.05, 3.63) is 0 Å². The second-order valence-corrected chi connectivity index (χ2v) is 2.98. The number of carboxylic acids is 3. The molecule has 0 radical (unpaired) electrons. The van der Waals surface area contributed by atoms with Gasteiger partial charge in [-0.2, -0.15) is 0 Å². The normalized spacial score (nSPS) is 12.2. The van der Waals surface area contributed by atoms with Crippen molar-refractivity contribution in [2.75, 3.05) is 0 Å². The van der Waals surface area contributed by atoms with Crippen LogP contribution >= 0.6 is 0 Å². The summed E-state index contributed by atoms with van der Waals surface area (Å²) in [6, 6.07) is -1.90. The van der Waals surface area contributed by atoms with Crippen molar-refractivity contribution in [2.24, 2.45) is 11.5 Å². The minimum atomic E-state index is -1.42. The maximum absolute atomic E-state index is 9.88. The Hall–Kier alpha value is -0.670. The number of nitrogens with two attached hydrogens (primary N) is 2. The molecule has 0 aliphatic rings. The van der Waals surface area contributed by atoms with Gasteiger partial charge in [-0.1, -0.05) is 0 Å². The van der Waals surface area contributed by atoms with E-state index >= 15 is 0 Å². The third kappa shape index (κ3) is 17.9. The van der Waals surface area contributed by atoms with E-state index in [1.165, 1.54) is 6.92 Å². The fourth-order valence-corrected chi connectivity index (χ4v) is 0.397. The summed E-state index contributed by atoms with van der Waals surface area (Å²) in [6.45, 7) is 1.42. The Morgan fingerprint density at radius 3 is 1.76 bits per heavy atom. The van der Waals surface area contributed by atoms with Crippen molar-refractivity contribution in [1.29, 1.82) is 0 Å². The van der Waals surface area contributed by atoms with Gasteiger partial charge in [-0.25, -0.2) is 0 Å². The van der Waals surface area contributed by atoms with E-state index < -0.39 is 30.0 Å². The first-order valence-corrected chi connectivity index (χ1v) is 4.35. The Morgan fingerprint density at radius 2 is 1.59 bits per heavy atom.